The molecule has 11 nitrogen and oxygen atoms in total. The molecule has 10 rings (SSSR count). The van der Waals surface area contributed by atoms with Gasteiger partial charge in [0.25, 0.3) is 0 Å². The van der Waals surface area contributed by atoms with Gasteiger partial charge in [-0.2, -0.15) is 0 Å². The van der Waals surface area contributed by atoms with Crippen molar-refractivity contribution < 1.29 is 37.2 Å². The molecule has 2 fully saturated rings. The van der Waals surface area contributed by atoms with Gasteiger partial charge in [-0.1, -0.05) is 86.1 Å². The smallest absolute Gasteiger partial charge is 0.160 e. The number of ether oxygens (including phenoxy) is 2. The van der Waals surface area contributed by atoms with E-state index in [0.717, 1.165) is 18.7 Å². The molecule has 0 spiro atoms. The van der Waals surface area contributed by atoms with Crippen LogP contribution in [0.1, 0.15) is 81.2 Å². The second kappa shape index (κ2) is 24.0. The number of anilines is 2. The molecule has 2 aliphatic heterocycles. The molecule has 380 valence electrons. The third-order valence-corrected chi connectivity index (χ3v) is 13.3. The summed E-state index contributed by atoms with van der Waals surface area (Å²) in [5.74, 6) is -1.18. The van der Waals surface area contributed by atoms with Gasteiger partial charge < -0.3 is 30.3 Å². The number of benzene rings is 5. The van der Waals surface area contributed by atoms with Crippen LogP contribution in [0.25, 0.3) is 44.1 Å². The lowest BCUT2D eigenvalue weighted by atomic mass is 9.93. The normalized spacial score (nSPS) is 15.8. The van der Waals surface area contributed by atoms with E-state index < -0.39 is 23.3 Å². The number of aromatic nitrogens is 4. The summed E-state index contributed by atoms with van der Waals surface area (Å²) < 4.78 is 69.5. The van der Waals surface area contributed by atoms with Gasteiger partial charge in [-0.25, -0.2) is 27.5 Å². The average Bonchev–Trinajstić information content (AvgIpc) is 3.41. The predicted molar refractivity (Wildman–Crippen MR) is 279 cm³/mol. The Balaban J connectivity index is 0.000000189. The van der Waals surface area contributed by atoms with E-state index >= 15 is 8.78 Å². The maximum absolute atomic E-state index is 15.2. The maximum atomic E-state index is 15.2. The van der Waals surface area contributed by atoms with Crippen LogP contribution in [0, 0.1) is 23.3 Å². The van der Waals surface area contributed by atoms with Crippen LogP contribution in [-0.4, -0.2) is 81.1 Å². The fourth-order valence-corrected chi connectivity index (χ4v) is 9.19. The molecule has 4 N–H and O–H groups in total. The molecule has 2 aliphatic rings. The molecule has 0 amide bonds. The number of hydrogen-bond acceptors (Lipinski definition) is 11. The topological polar surface area (TPSA) is 138 Å². The number of aliphatic hydroxyl groups excluding tert-OH is 1. The molecule has 0 aliphatic carbocycles. The highest BCUT2D eigenvalue weighted by Crippen LogP contribution is 2.38. The van der Waals surface area contributed by atoms with Gasteiger partial charge in [0.2, 0.25) is 0 Å². The molecule has 0 bridgehead atoms. The van der Waals surface area contributed by atoms with E-state index in [-0.39, 0.29) is 23.7 Å². The first-order chi connectivity index (χ1) is 35.3. The monoisotopic (exact) mass is 1020 g/mol. The van der Waals surface area contributed by atoms with Crippen molar-refractivity contribution in [1.82, 2.24) is 24.8 Å². The zero-order valence-corrected chi connectivity index (χ0v) is 41.8. The molecule has 73 heavy (non-hydrogen) atoms. The van der Waals surface area contributed by atoms with Crippen molar-refractivity contribution in [3.05, 3.63) is 179 Å². The Hall–Kier alpha value is -6.59. The molecule has 3 atom stereocenters. The summed E-state index contributed by atoms with van der Waals surface area (Å²) in [5.41, 5.74) is 4.67. The Bertz CT molecular complexity index is 3140. The van der Waals surface area contributed by atoms with Gasteiger partial charge in [0.1, 0.15) is 28.9 Å². The van der Waals surface area contributed by atoms with Gasteiger partial charge in [-0.15, -0.1) is 0 Å². The van der Waals surface area contributed by atoms with Crippen LogP contribution in [-0.2, 0) is 15.1 Å². The summed E-state index contributed by atoms with van der Waals surface area (Å²) in [7, 11) is 0. The van der Waals surface area contributed by atoms with Crippen LogP contribution in [0.5, 0.6) is 0 Å². The van der Waals surface area contributed by atoms with Crippen molar-refractivity contribution in [2.45, 2.75) is 64.3 Å². The number of fused-ring (bicyclic) bond motifs is 2. The number of pyridine rings is 2. The van der Waals surface area contributed by atoms with Gasteiger partial charge in [-0.05, 0) is 55.3 Å². The van der Waals surface area contributed by atoms with Crippen LogP contribution in [0.15, 0.2) is 128 Å². The van der Waals surface area contributed by atoms with E-state index in [4.69, 9.17) is 21.1 Å². The highest BCUT2D eigenvalue weighted by atomic mass is 35.5. The van der Waals surface area contributed by atoms with Crippen LogP contribution in [0.4, 0.5) is 28.9 Å². The SMILES string of the molecule is CC.CC(Nc1c(Cl)cnc2cc(F)c(-c3ccc(C(O)CN4CCOCC4)cc3)cc12)c1ccccc1F.CC(Nc1ccnc2cc(F)c(-c3cnc(C4(O)CCOCC4)nc3)cc12)c1ccccc1F. The molecular weight excluding hydrogens is 958 g/mol. The fourth-order valence-electron chi connectivity index (χ4n) is 8.99. The van der Waals surface area contributed by atoms with E-state index in [0.29, 0.717) is 123 Å². The van der Waals surface area contributed by atoms with Crippen molar-refractivity contribution in [2.24, 2.45) is 0 Å². The Kier molecular flexibility index (Phi) is 17.3. The Morgan fingerprint density at radius 3 is 1.81 bits per heavy atom. The number of nitrogens with one attached hydrogen (secondary N) is 2. The molecule has 0 saturated carbocycles. The second-order valence-corrected chi connectivity index (χ2v) is 18.2. The van der Waals surface area contributed by atoms with Crippen molar-refractivity contribution in [3.8, 4) is 22.3 Å². The Morgan fingerprint density at radius 1 is 0.644 bits per heavy atom. The molecular formula is C57H58ClF4N7O4. The van der Waals surface area contributed by atoms with Crippen molar-refractivity contribution >= 4 is 44.8 Å². The Morgan fingerprint density at radius 2 is 1.19 bits per heavy atom. The maximum Gasteiger partial charge on any atom is 0.160 e. The number of β-amino-alcohol motifs (C(OH)–C–C–N with tert-alkyl or cyclic N) is 1. The molecule has 0 radical (unpaired) electrons. The molecule has 16 heteroatoms. The first-order valence-corrected chi connectivity index (χ1v) is 24.8. The third kappa shape index (κ3) is 12.3. The molecule has 2 saturated heterocycles. The lowest BCUT2D eigenvalue weighted by molar-refractivity contribution is -0.0733. The molecule has 3 unspecified atom stereocenters. The predicted octanol–water partition coefficient (Wildman–Crippen LogP) is 12.5. The van der Waals surface area contributed by atoms with Crippen LogP contribution in [0.2, 0.25) is 5.02 Å². The van der Waals surface area contributed by atoms with Crippen molar-refractivity contribution in [3.63, 3.8) is 0 Å². The third-order valence-electron chi connectivity index (χ3n) is 13.1. The minimum atomic E-state index is -1.14. The fraction of sp³-hybridized carbons (Fsp3) is 0.298. The van der Waals surface area contributed by atoms with Gasteiger partial charge in [0.15, 0.2) is 5.82 Å². The van der Waals surface area contributed by atoms with Gasteiger partial charge in [-0.3, -0.25) is 14.9 Å². The lowest BCUT2D eigenvalue weighted by Gasteiger charge is -2.30. The van der Waals surface area contributed by atoms with E-state index in [1.54, 1.807) is 72.9 Å². The largest absolute Gasteiger partial charge is 0.387 e. The lowest BCUT2D eigenvalue weighted by Crippen LogP contribution is -2.38. The highest BCUT2D eigenvalue weighted by molar-refractivity contribution is 6.34. The molecule has 3 aromatic heterocycles. The summed E-state index contributed by atoms with van der Waals surface area (Å²) in [5, 5.41) is 29.8. The molecule has 5 aromatic carbocycles. The van der Waals surface area contributed by atoms with Gasteiger partial charge in [0, 0.05) is 127 Å². The van der Waals surface area contributed by atoms with Gasteiger partial charge >= 0.3 is 0 Å². The standard InChI is InChI=1S/C29H28ClF2N3O2.C26H24F2N4O2.C2H6/c1-18(21-4-2-3-5-25(21)31)34-29-23-14-22(26(32)15-27(23)33-16-24(29)30)19-6-8-20(9-7-19)28(36)17-35-10-12-37-13-11-35;1-16(18-4-2-3-5-21(18)27)32-23-6-9-29-24-13-22(28)19(12-20(23)24)17-14-30-25(31-15-17)26(33)7-10-34-11-8-26;1-2/h2-9,14-16,18,28,36H,10-13,17H2,1H3,(H,33,34);2-6,9,12-16,33H,7-8,10-11H2,1H3,(H,29,32);1-2H3. The zero-order chi connectivity index (χ0) is 51.6. The summed E-state index contributed by atoms with van der Waals surface area (Å²) in [6, 6.07) is 27.6. The van der Waals surface area contributed by atoms with E-state index in [2.05, 4.69) is 35.5 Å². The number of rotatable bonds is 12. The van der Waals surface area contributed by atoms with E-state index in [1.165, 1.54) is 42.9 Å². The van der Waals surface area contributed by atoms with E-state index in [1.807, 2.05) is 39.8 Å². The summed E-state index contributed by atoms with van der Waals surface area (Å²) in [6.45, 7) is 12.0. The first kappa shape index (κ1) is 52.7. The molecule has 8 aromatic rings. The second-order valence-electron chi connectivity index (χ2n) is 17.8. The summed E-state index contributed by atoms with van der Waals surface area (Å²) >= 11 is 6.50. The van der Waals surface area contributed by atoms with Crippen molar-refractivity contribution in [1.29, 1.82) is 0 Å². The first-order valence-electron chi connectivity index (χ1n) is 24.4. The molecule has 5 heterocycles. The Labute approximate surface area is 427 Å². The van der Waals surface area contributed by atoms with Gasteiger partial charge in [0.05, 0.1) is 53.1 Å². The number of morpholine rings is 1. The number of nitrogens with zero attached hydrogens (tertiary/aromatic N) is 5. The number of aliphatic hydroxyl groups is 2. The summed E-state index contributed by atoms with van der Waals surface area (Å²) in [6.07, 6.45) is 6.27. The minimum absolute atomic E-state index is 0.295. The summed E-state index contributed by atoms with van der Waals surface area (Å²) in [4.78, 5) is 19.4. The van der Waals surface area contributed by atoms with Crippen LogP contribution < -0.4 is 10.6 Å². The van der Waals surface area contributed by atoms with Crippen LogP contribution in [0.3, 0.4) is 0 Å². The average molecular weight is 1020 g/mol. The minimum Gasteiger partial charge on any atom is -0.387 e. The number of hydrogen-bond donors (Lipinski definition) is 4. The highest BCUT2D eigenvalue weighted by Gasteiger charge is 2.34. The number of halogens is 5. The zero-order valence-electron chi connectivity index (χ0n) is 41.1. The quantitative estimate of drug-likeness (QED) is 0.0870. The van der Waals surface area contributed by atoms with Crippen LogP contribution >= 0.6 is 11.6 Å². The van der Waals surface area contributed by atoms with E-state index in [9.17, 15) is 19.0 Å². The van der Waals surface area contributed by atoms with Crippen molar-refractivity contribution in [2.75, 3.05) is 56.7 Å².